The van der Waals surface area contributed by atoms with Gasteiger partial charge in [0.05, 0.1) is 19.6 Å². The highest BCUT2D eigenvalue weighted by molar-refractivity contribution is 5.73. The molecule has 5 heteroatoms. The van der Waals surface area contributed by atoms with E-state index in [1.54, 1.807) is 4.90 Å². The maximum absolute atomic E-state index is 13.1. The van der Waals surface area contributed by atoms with Gasteiger partial charge >= 0.3 is 12.1 Å². The Balaban J connectivity index is 2.28. The van der Waals surface area contributed by atoms with Crippen molar-refractivity contribution in [1.82, 2.24) is 4.90 Å². The van der Waals surface area contributed by atoms with Gasteiger partial charge in [-0.15, -0.1) is 0 Å². The largest absolute Gasteiger partial charge is 0.469 e. The quantitative estimate of drug-likeness (QED) is 0.428. The Morgan fingerprint density at radius 2 is 1.66 bits per heavy atom. The van der Waals surface area contributed by atoms with Gasteiger partial charge in [-0.25, -0.2) is 4.79 Å². The normalized spacial score (nSPS) is 12.9. The van der Waals surface area contributed by atoms with Crippen LogP contribution in [0, 0.1) is 0 Å². The van der Waals surface area contributed by atoms with Gasteiger partial charge in [-0.05, 0) is 31.4 Å². The second-order valence-electron chi connectivity index (χ2n) is 6.77. The summed E-state index contributed by atoms with van der Waals surface area (Å²) in [7, 11) is 1.35. The average molecular weight is 395 g/mol. The van der Waals surface area contributed by atoms with Crippen molar-refractivity contribution in [2.24, 2.45) is 0 Å². The fraction of sp³-hybridized carbons (Fsp3) is 0.333. The van der Waals surface area contributed by atoms with Gasteiger partial charge in [0, 0.05) is 6.04 Å². The molecule has 0 aliphatic heterocycles. The monoisotopic (exact) mass is 395 g/mol. The van der Waals surface area contributed by atoms with Gasteiger partial charge in [0.25, 0.3) is 0 Å². The molecule has 0 radical (unpaired) electrons. The highest BCUT2D eigenvalue weighted by atomic mass is 16.6. The van der Waals surface area contributed by atoms with Gasteiger partial charge in [-0.3, -0.25) is 9.69 Å². The number of hydrogen-bond donors (Lipinski definition) is 0. The second-order valence-corrected chi connectivity index (χ2v) is 6.77. The molecule has 2 aromatic carbocycles. The number of amides is 1. The highest BCUT2D eigenvalue weighted by Crippen LogP contribution is 2.27. The first-order valence-corrected chi connectivity index (χ1v) is 9.78. The van der Waals surface area contributed by atoms with E-state index in [1.165, 1.54) is 7.11 Å². The third-order valence-electron chi connectivity index (χ3n) is 4.78. The zero-order valence-corrected chi connectivity index (χ0v) is 17.3. The number of carbonyl (C=O) groups excluding carboxylic acids is 2. The maximum Gasteiger partial charge on any atom is 0.410 e. The van der Waals surface area contributed by atoms with Crippen LogP contribution in [0.3, 0.4) is 0 Å². The molecular formula is C24H29NO4. The van der Waals surface area contributed by atoms with Gasteiger partial charge in [-0.2, -0.15) is 0 Å². The SMILES string of the molecule is C/C=C/C[C@H](CC(=O)OC)N(C(=O)OCc1ccccc1)[C@H](C)c1ccccc1. The summed E-state index contributed by atoms with van der Waals surface area (Å²) in [5.74, 6) is -0.361. The van der Waals surface area contributed by atoms with Crippen LogP contribution < -0.4 is 0 Å². The number of esters is 1. The first kappa shape index (κ1) is 22.2. The van der Waals surface area contributed by atoms with Gasteiger partial charge in [0.1, 0.15) is 6.61 Å². The van der Waals surface area contributed by atoms with E-state index in [0.717, 1.165) is 11.1 Å². The Morgan fingerprint density at radius 3 is 2.24 bits per heavy atom. The molecule has 0 bridgehead atoms. The molecule has 2 rings (SSSR count). The average Bonchev–Trinajstić information content (AvgIpc) is 2.77. The highest BCUT2D eigenvalue weighted by Gasteiger charge is 2.31. The van der Waals surface area contributed by atoms with Crippen LogP contribution in [0.5, 0.6) is 0 Å². The molecule has 0 saturated carbocycles. The Morgan fingerprint density at radius 1 is 1.03 bits per heavy atom. The van der Waals surface area contributed by atoms with E-state index in [1.807, 2.05) is 86.7 Å². The summed E-state index contributed by atoms with van der Waals surface area (Å²) < 4.78 is 10.5. The van der Waals surface area contributed by atoms with Crippen LogP contribution in [0.25, 0.3) is 0 Å². The molecule has 0 aromatic heterocycles. The van der Waals surface area contributed by atoms with Crippen molar-refractivity contribution in [2.75, 3.05) is 7.11 Å². The summed E-state index contributed by atoms with van der Waals surface area (Å²) in [6.45, 7) is 4.03. The number of benzene rings is 2. The summed E-state index contributed by atoms with van der Waals surface area (Å²) in [5, 5.41) is 0. The van der Waals surface area contributed by atoms with Crippen LogP contribution in [0.2, 0.25) is 0 Å². The van der Waals surface area contributed by atoms with Crippen LogP contribution in [0.15, 0.2) is 72.8 Å². The van der Waals surface area contributed by atoms with Gasteiger partial charge in [0.2, 0.25) is 0 Å². The molecular weight excluding hydrogens is 366 g/mol. The Kier molecular flexibility index (Phi) is 8.96. The van der Waals surface area contributed by atoms with Crippen molar-refractivity contribution >= 4 is 12.1 Å². The molecule has 0 unspecified atom stereocenters. The maximum atomic E-state index is 13.1. The van der Waals surface area contributed by atoms with E-state index in [2.05, 4.69) is 0 Å². The molecule has 0 N–H and O–H groups in total. The van der Waals surface area contributed by atoms with Crippen LogP contribution in [-0.4, -0.2) is 30.1 Å². The molecule has 0 aliphatic rings. The van der Waals surface area contributed by atoms with Crippen molar-refractivity contribution in [1.29, 1.82) is 0 Å². The fourth-order valence-electron chi connectivity index (χ4n) is 3.17. The molecule has 2 atom stereocenters. The lowest BCUT2D eigenvalue weighted by molar-refractivity contribution is -0.142. The van der Waals surface area contributed by atoms with E-state index >= 15 is 0 Å². The third-order valence-corrected chi connectivity index (χ3v) is 4.78. The number of methoxy groups -OCH3 is 1. The number of rotatable bonds is 9. The van der Waals surface area contributed by atoms with Gasteiger partial charge in [0.15, 0.2) is 0 Å². The molecule has 29 heavy (non-hydrogen) atoms. The molecule has 0 aliphatic carbocycles. The fourth-order valence-corrected chi connectivity index (χ4v) is 3.17. The zero-order chi connectivity index (χ0) is 21.1. The molecule has 1 amide bonds. The molecule has 154 valence electrons. The van der Waals surface area contributed by atoms with E-state index < -0.39 is 6.09 Å². The molecule has 0 fully saturated rings. The Labute approximate surface area is 172 Å². The molecule has 0 spiro atoms. The molecule has 2 aromatic rings. The summed E-state index contributed by atoms with van der Waals surface area (Å²) >= 11 is 0. The van der Waals surface area contributed by atoms with Crippen molar-refractivity contribution < 1.29 is 19.1 Å². The van der Waals surface area contributed by atoms with E-state index in [-0.39, 0.29) is 31.1 Å². The predicted octanol–water partition coefficient (Wildman–Crippen LogP) is 5.28. The van der Waals surface area contributed by atoms with E-state index in [0.29, 0.717) is 6.42 Å². The minimum atomic E-state index is -0.455. The van der Waals surface area contributed by atoms with E-state index in [4.69, 9.17) is 9.47 Å². The lowest BCUT2D eigenvalue weighted by atomic mass is 10.0. The summed E-state index contributed by atoms with van der Waals surface area (Å²) in [6, 6.07) is 18.6. The van der Waals surface area contributed by atoms with Gasteiger partial charge in [-0.1, -0.05) is 72.8 Å². The number of allylic oxidation sites excluding steroid dienone is 1. The first-order chi connectivity index (χ1) is 14.1. The summed E-state index contributed by atoms with van der Waals surface area (Å²) in [4.78, 5) is 26.8. The van der Waals surface area contributed by atoms with Crippen molar-refractivity contribution in [2.45, 2.75) is 45.4 Å². The van der Waals surface area contributed by atoms with Gasteiger partial charge < -0.3 is 9.47 Å². The predicted molar refractivity (Wildman–Crippen MR) is 113 cm³/mol. The Hall–Kier alpha value is -3.08. The number of hydrogen-bond acceptors (Lipinski definition) is 4. The number of carbonyl (C=O) groups is 2. The minimum Gasteiger partial charge on any atom is -0.469 e. The van der Waals surface area contributed by atoms with E-state index in [9.17, 15) is 9.59 Å². The topological polar surface area (TPSA) is 55.8 Å². The third kappa shape index (κ3) is 6.79. The summed E-state index contributed by atoms with van der Waals surface area (Å²) in [5.41, 5.74) is 1.88. The molecule has 0 heterocycles. The molecule has 0 saturated heterocycles. The van der Waals surface area contributed by atoms with Crippen LogP contribution in [0.1, 0.15) is 43.9 Å². The van der Waals surface area contributed by atoms with Crippen LogP contribution >= 0.6 is 0 Å². The van der Waals surface area contributed by atoms with Crippen molar-refractivity contribution in [3.8, 4) is 0 Å². The first-order valence-electron chi connectivity index (χ1n) is 9.78. The second kappa shape index (κ2) is 11.7. The smallest absolute Gasteiger partial charge is 0.410 e. The zero-order valence-electron chi connectivity index (χ0n) is 17.3. The minimum absolute atomic E-state index is 0.0957. The number of ether oxygens (including phenoxy) is 2. The lowest BCUT2D eigenvalue weighted by Gasteiger charge is -2.35. The standard InChI is InChI=1S/C24H29NO4/c1-4-5-16-22(17-23(26)28-3)25(19(2)21-14-10-7-11-15-21)24(27)29-18-20-12-8-6-9-13-20/h4-15,19,22H,16-18H2,1-3H3/b5-4+/t19-,22-/m1/s1. The number of nitrogens with zero attached hydrogens (tertiary/aromatic N) is 1. The lowest BCUT2D eigenvalue weighted by Crippen LogP contribution is -2.43. The molecule has 5 nitrogen and oxygen atoms in total. The van der Waals surface area contributed by atoms with Crippen LogP contribution in [-0.2, 0) is 20.9 Å². The van der Waals surface area contributed by atoms with Crippen molar-refractivity contribution in [3.05, 3.63) is 83.9 Å². The Bertz CT molecular complexity index is 789. The summed E-state index contributed by atoms with van der Waals surface area (Å²) in [6.07, 6.45) is 4.03. The van der Waals surface area contributed by atoms with Crippen molar-refractivity contribution in [3.63, 3.8) is 0 Å². The van der Waals surface area contributed by atoms with Crippen LogP contribution in [0.4, 0.5) is 4.79 Å².